The Bertz CT molecular complexity index is 550. The van der Waals surface area contributed by atoms with Crippen molar-refractivity contribution in [2.75, 3.05) is 5.73 Å². The van der Waals surface area contributed by atoms with Gasteiger partial charge in [-0.2, -0.15) is 0 Å². The Hall–Kier alpha value is -1.35. The molecule has 0 bridgehead atoms. The SMILES string of the molecule is CC(C)c1ccc(-c2nc(C3CC3)sc2N)cc1. The number of hydrogen-bond donors (Lipinski definition) is 1. The summed E-state index contributed by atoms with van der Waals surface area (Å²) < 4.78 is 0. The summed E-state index contributed by atoms with van der Waals surface area (Å²) >= 11 is 1.66. The van der Waals surface area contributed by atoms with Crippen molar-refractivity contribution in [1.82, 2.24) is 4.98 Å². The summed E-state index contributed by atoms with van der Waals surface area (Å²) in [5.41, 5.74) is 9.56. The van der Waals surface area contributed by atoms with Crippen LogP contribution in [0, 0.1) is 0 Å². The van der Waals surface area contributed by atoms with Crippen LogP contribution in [0.2, 0.25) is 0 Å². The van der Waals surface area contributed by atoms with Gasteiger partial charge in [0.15, 0.2) is 0 Å². The van der Waals surface area contributed by atoms with E-state index in [9.17, 15) is 0 Å². The number of nitrogen functional groups attached to an aromatic ring is 1. The first-order valence-electron chi connectivity index (χ1n) is 6.51. The molecule has 94 valence electrons. The molecule has 1 saturated carbocycles. The van der Waals surface area contributed by atoms with Gasteiger partial charge in [0.1, 0.15) is 10.7 Å². The molecule has 3 heteroatoms. The zero-order chi connectivity index (χ0) is 12.7. The Labute approximate surface area is 112 Å². The van der Waals surface area contributed by atoms with Crippen molar-refractivity contribution < 1.29 is 0 Å². The summed E-state index contributed by atoms with van der Waals surface area (Å²) in [5, 5.41) is 2.07. The maximum atomic E-state index is 6.09. The number of thiazole rings is 1. The lowest BCUT2D eigenvalue weighted by atomic mass is 10.0. The normalized spacial score (nSPS) is 15.3. The first-order chi connectivity index (χ1) is 8.65. The zero-order valence-corrected chi connectivity index (χ0v) is 11.6. The molecule has 2 N–H and O–H groups in total. The summed E-state index contributed by atoms with van der Waals surface area (Å²) in [5.74, 6) is 1.25. The Balaban J connectivity index is 1.93. The first-order valence-corrected chi connectivity index (χ1v) is 7.33. The lowest BCUT2D eigenvalue weighted by molar-refractivity contribution is 0.867. The minimum atomic E-state index is 0.564. The third-order valence-corrected chi connectivity index (χ3v) is 4.49. The van der Waals surface area contributed by atoms with E-state index in [-0.39, 0.29) is 0 Å². The first kappa shape index (κ1) is 11.7. The molecule has 1 fully saturated rings. The predicted octanol–water partition coefficient (Wildman–Crippen LogP) is 4.39. The molecular weight excluding hydrogens is 240 g/mol. The summed E-state index contributed by atoms with van der Waals surface area (Å²) in [7, 11) is 0. The van der Waals surface area contributed by atoms with E-state index >= 15 is 0 Å². The van der Waals surface area contributed by atoms with Crippen molar-refractivity contribution in [1.29, 1.82) is 0 Å². The molecule has 0 spiro atoms. The number of aromatic nitrogens is 1. The van der Waals surface area contributed by atoms with Crippen molar-refractivity contribution in [2.24, 2.45) is 0 Å². The van der Waals surface area contributed by atoms with Crippen LogP contribution in [0.15, 0.2) is 24.3 Å². The Morgan fingerprint density at radius 3 is 2.44 bits per heavy atom. The largest absolute Gasteiger partial charge is 0.389 e. The lowest BCUT2D eigenvalue weighted by Gasteiger charge is -2.05. The molecule has 2 nitrogen and oxygen atoms in total. The molecule has 1 aliphatic rings. The highest BCUT2D eigenvalue weighted by Crippen LogP contribution is 2.45. The van der Waals surface area contributed by atoms with Gasteiger partial charge >= 0.3 is 0 Å². The molecule has 3 rings (SSSR count). The topological polar surface area (TPSA) is 38.9 Å². The molecule has 0 atom stereocenters. The van der Waals surface area contributed by atoms with Crippen LogP contribution >= 0.6 is 11.3 Å². The third kappa shape index (κ3) is 2.15. The standard InChI is InChI=1S/C15H18N2S/c1-9(2)10-3-5-11(6-4-10)13-14(16)18-15(17-13)12-7-8-12/h3-6,9,12H,7-8,16H2,1-2H3. The molecule has 0 radical (unpaired) electrons. The van der Waals surface area contributed by atoms with Crippen LogP contribution in [-0.4, -0.2) is 4.98 Å². The predicted molar refractivity (Wildman–Crippen MR) is 78.0 cm³/mol. The summed E-state index contributed by atoms with van der Waals surface area (Å²) in [6, 6.07) is 8.63. The molecule has 1 aliphatic carbocycles. The molecule has 1 aromatic carbocycles. The number of rotatable bonds is 3. The maximum absolute atomic E-state index is 6.09. The van der Waals surface area contributed by atoms with E-state index in [0.29, 0.717) is 11.8 Å². The average Bonchev–Trinajstić information content (AvgIpc) is 3.13. The number of nitrogens with zero attached hydrogens (tertiary/aromatic N) is 1. The van der Waals surface area contributed by atoms with E-state index < -0.39 is 0 Å². The fourth-order valence-corrected chi connectivity index (χ4v) is 3.11. The summed E-state index contributed by atoms with van der Waals surface area (Å²) in [4.78, 5) is 4.71. The molecule has 0 aliphatic heterocycles. The molecular formula is C15H18N2S. The van der Waals surface area contributed by atoms with Gasteiger partial charge < -0.3 is 5.73 Å². The number of benzene rings is 1. The van der Waals surface area contributed by atoms with Crippen LogP contribution in [0.1, 0.15) is 49.1 Å². The Kier molecular flexibility index (Phi) is 2.86. The molecule has 1 heterocycles. The fraction of sp³-hybridized carbons (Fsp3) is 0.400. The monoisotopic (exact) mass is 258 g/mol. The molecule has 0 unspecified atom stereocenters. The number of nitrogens with two attached hydrogens (primary N) is 1. The summed E-state index contributed by atoms with van der Waals surface area (Å²) in [6.07, 6.45) is 2.55. The van der Waals surface area contributed by atoms with Crippen LogP contribution in [0.3, 0.4) is 0 Å². The van der Waals surface area contributed by atoms with Gasteiger partial charge in [0.05, 0.1) is 5.01 Å². The second kappa shape index (κ2) is 4.39. The van der Waals surface area contributed by atoms with E-state index in [1.165, 1.54) is 23.4 Å². The fourth-order valence-electron chi connectivity index (χ4n) is 2.09. The molecule has 2 aromatic rings. The highest BCUT2D eigenvalue weighted by Gasteiger charge is 2.28. The van der Waals surface area contributed by atoms with Crippen molar-refractivity contribution in [3.8, 4) is 11.3 Å². The van der Waals surface area contributed by atoms with E-state index in [1.54, 1.807) is 11.3 Å². The van der Waals surface area contributed by atoms with Crippen LogP contribution in [0.25, 0.3) is 11.3 Å². The van der Waals surface area contributed by atoms with E-state index in [1.807, 2.05) is 0 Å². The van der Waals surface area contributed by atoms with Gasteiger partial charge in [-0.05, 0) is 24.3 Å². The highest BCUT2D eigenvalue weighted by atomic mass is 32.1. The quantitative estimate of drug-likeness (QED) is 0.886. The molecule has 0 saturated heterocycles. The minimum absolute atomic E-state index is 0.564. The number of anilines is 1. The van der Waals surface area contributed by atoms with E-state index in [4.69, 9.17) is 10.7 Å². The number of hydrogen-bond acceptors (Lipinski definition) is 3. The maximum Gasteiger partial charge on any atom is 0.114 e. The van der Waals surface area contributed by atoms with Crippen LogP contribution < -0.4 is 5.73 Å². The van der Waals surface area contributed by atoms with Crippen LogP contribution in [0.4, 0.5) is 5.00 Å². The van der Waals surface area contributed by atoms with Gasteiger partial charge in [-0.15, -0.1) is 11.3 Å². The zero-order valence-electron chi connectivity index (χ0n) is 10.8. The Morgan fingerprint density at radius 2 is 1.89 bits per heavy atom. The van der Waals surface area contributed by atoms with Crippen molar-refractivity contribution >= 4 is 16.3 Å². The van der Waals surface area contributed by atoms with Crippen molar-refractivity contribution in [3.05, 3.63) is 34.8 Å². The van der Waals surface area contributed by atoms with Gasteiger partial charge in [-0.25, -0.2) is 4.98 Å². The molecule has 18 heavy (non-hydrogen) atoms. The summed E-state index contributed by atoms with van der Waals surface area (Å²) in [6.45, 7) is 4.41. The van der Waals surface area contributed by atoms with Gasteiger partial charge in [-0.3, -0.25) is 0 Å². The van der Waals surface area contributed by atoms with E-state index in [0.717, 1.165) is 16.3 Å². The molecule has 1 aromatic heterocycles. The van der Waals surface area contributed by atoms with Crippen molar-refractivity contribution in [2.45, 2.75) is 38.5 Å². The van der Waals surface area contributed by atoms with Crippen LogP contribution in [0.5, 0.6) is 0 Å². The van der Waals surface area contributed by atoms with Crippen LogP contribution in [-0.2, 0) is 0 Å². The second-order valence-electron chi connectivity index (χ2n) is 5.32. The lowest BCUT2D eigenvalue weighted by Crippen LogP contribution is -1.89. The van der Waals surface area contributed by atoms with E-state index in [2.05, 4.69) is 38.1 Å². The van der Waals surface area contributed by atoms with Gasteiger partial charge in [0.2, 0.25) is 0 Å². The van der Waals surface area contributed by atoms with Crippen molar-refractivity contribution in [3.63, 3.8) is 0 Å². The highest BCUT2D eigenvalue weighted by molar-refractivity contribution is 7.16. The van der Waals surface area contributed by atoms with Gasteiger partial charge in [0, 0.05) is 11.5 Å². The van der Waals surface area contributed by atoms with Gasteiger partial charge in [0.25, 0.3) is 0 Å². The second-order valence-corrected chi connectivity index (χ2v) is 6.38. The average molecular weight is 258 g/mol. The third-order valence-electron chi connectivity index (χ3n) is 3.45. The molecule has 0 amide bonds. The van der Waals surface area contributed by atoms with Gasteiger partial charge in [-0.1, -0.05) is 38.1 Å². The Morgan fingerprint density at radius 1 is 1.22 bits per heavy atom. The smallest absolute Gasteiger partial charge is 0.114 e. The minimum Gasteiger partial charge on any atom is -0.389 e.